The second-order valence-corrected chi connectivity index (χ2v) is 7.93. The molecular formula is C22H33N3O3. The molecule has 1 unspecified atom stereocenters. The number of ether oxygens (including phenoxy) is 1. The number of hydrogen-bond donors (Lipinski definition) is 4. The molecule has 154 valence electrons. The smallest absolute Gasteiger partial charge is 0.119 e. The normalized spacial score (nSPS) is 17.6. The van der Waals surface area contributed by atoms with E-state index in [0.717, 1.165) is 18.6 Å². The minimum atomic E-state index is -0.887. The SMILES string of the molecule is Cc1cc(OCCC(C)(O)CNN)cc(C)c1-c1cccc2c1CC[C@H]2N.O. The van der Waals surface area contributed by atoms with Crippen LogP contribution in [0, 0.1) is 13.8 Å². The van der Waals surface area contributed by atoms with E-state index in [1.165, 1.54) is 33.4 Å². The van der Waals surface area contributed by atoms with Gasteiger partial charge in [0.15, 0.2) is 0 Å². The molecule has 28 heavy (non-hydrogen) atoms. The molecule has 6 nitrogen and oxygen atoms in total. The lowest BCUT2D eigenvalue weighted by atomic mass is 9.90. The van der Waals surface area contributed by atoms with Gasteiger partial charge in [-0.25, -0.2) is 0 Å². The largest absolute Gasteiger partial charge is 0.493 e. The van der Waals surface area contributed by atoms with Gasteiger partial charge in [0.1, 0.15) is 5.75 Å². The third kappa shape index (κ3) is 4.71. The molecule has 0 saturated carbocycles. The van der Waals surface area contributed by atoms with Gasteiger partial charge in [-0.1, -0.05) is 18.2 Å². The maximum absolute atomic E-state index is 10.2. The van der Waals surface area contributed by atoms with Crippen molar-refractivity contribution in [3.8, 4) is 16.9 Å². The number of hydrazine groups is 1. The molecule has 0 amide bonds. The van der Waals surface area contributed by atoms with Gasteiger partial charge >= 0.3 is 0 Å². The summed E-state index contributed by atoms with van der Waals surface area (Å²) in [5, 5.41) is 10.2. The first kappa shape index (κ1) is 22.3. The summed E-state index contributed by atoms with van der Waals surface area (Å²) in [6.45, 7) is 6.75. The average molecular weight is 388 g/mol. The Labute approximate surface area is 167 Å². The van der Waals surface area contributed by atoms with Gasteiger partial charge in [-0.2, -0.15) is 0 Å². The van der Waals surface area contributed by atoms with E-state index in [1.807, 2.05) is 0 Å². The molecule has 0 aromatic heterocycles. The van der Waals surface area contributed by atoms with Gasteiger partial charge in [0.05, 0.1) is 12.2 Å². The van der Waals surface area contributed by atoms with Crippen molar-refractivity contribution in [3.05, 3.63) is 52.6 Å². The summed E-state index contributed by atoms with van der Waals surface area (Å²) in [5.41, 5.74) is 15.5. The van der Waals surface area contributed by atoms with E-state index < -0.39 is 5.60 Å². The summed E-state index contributed by atoms with van der Waals surface area (Å²) in [7, 11) is 0. The number of nitrogens with one attached hydrogen (secondary N) is 1. The van der Waals surface area contributed by atoms with E-state index in [1.54, 1.807) is 6.92 Å². The second-order valence-electron chi connectivity index (χ2n) is 7.93. The molecule has 0 aliphatic heterocycles. The molecule has 6 heteroatoms. The Hall–Kier alpha value is -1.96. The highest BCUT2D eigenvalue weighted by Gasteiger charge is 2.23. The van der Waals surface area contributed by atoms with E-state index in [-0.39, 0.29) is 11.5 Å². The standard InChI is InChI=1S/C22H31N3O2.H2O/c1-14-11-16(27-10-9-22(3,26)13-25-24)12-15(2)21(14)19-6-4-5-18-17(19)7-8-20(18)23;/h4-6,11-12,20,25-26H,7-10,13,23-24H2,1-3H3;1H2/t20-,22?;/m1./s1. The first-order valence-corrected chi connectivity index (χ1v) is 9.60. The van der Waals surface area contributed by atoms with Crippen molar-refractivity contribution in [3.63, 3.8) is 0 Å². The van der Waals surface area contributed by atoms with E-state index in [9.17, 15) is 5.11 Å². The molecule has 2 atom stereocenters. The zero-order valence-electron chi connectivity index (χ0n) is 17.0. The van der Waals surface area contributed by atoms with Gasteiger partial charge in [0.2, 0.25) is 0 Å². The van der Waals surface area contributed by atoms with Crippen LogP contribution in [0.2, 0.25) is 0 Å². The topological polar surface area (TPSA) is 125 Å². The molecule has 3 rings (SSSR count). The number of fused-ring (bicyclic) bond motifs is 1. The van der Waals surface area contributed by atoms with Crippen molar-refractivity contribution in [1.29, 1.82) is 0 Å². The molecule has 0 fully saturated rings. The molecule has 2 aromatic rings. The van der Waals surface area contributed by atoms with Crippen LogP contribution >= 0.6 is 0 Å². The highest BCUT2D eigenvalue weighted by atomic mass is 16.5. The third-order valence-electron chi connectivity index (χ3n) is 5.48. The molecule has 2 aromatic carbocycles. The van der Waals surface area contributed by atoms with Crippen molar-refractivity contribution in [2.24, 2.45) is 11.6 Å². The fourth-order valence-electron chi connectivity index (χ4n) is 4.05. The molecule has 0 heterocycles. The molecule has 0 spiro atoms. The van der Waals surface area contributed by atoms with Gasteiger partial charge < -0.3 is 21.1 Å². The van der Waals surface area contributed by atoms with Crippen molar-refractivity contribution >= 4 is 0 Å². The van der Waals surface area contributed by atoms with E-state index in [4.69, 9.17) is 16.3 Å². The molecule has 1 aliphatic rings. The molecule has 1 aliphatic carbocycles. The van der Waals surface area contributed by atoms with Gasteiger partial charge in [-0.15, -0.1) is 0 Å². The van der Waals surface area contributed by atoms with Crippen molar-refractivity contribution < 1.29 is 15.3 Å². The highest BCUT2D eigenvalue weighted by Crippen LogP contribution is 2.40. The Morgan fingerprint density at radius 1 is 1.25 bits per heavy atom. The number of hydrogen-bond acceptors (Lipinski definition) is 5. The molecule has 0 saturated heterocycles. The van der Waals surface area contributed by atoms with Crippen LogP contribution in [0.15, 0.2) is 30.3 Å². The first-order valence-electron chi connectivity index (χ1n) is 9.60. The summed E-state index contributed by atoms with van der Waals surface area (Å²) in [6, 6.07) is 10.8. The minimum absolute atomic E-state index is 0. The van der Waals surface area contributed by atoms with Gasteiger partial charge in [0, 0.05) is 19.0 Å². The van der Waals surface area contributed by atoms with Crippen molar-refractivity contribution in [2.75, 3.05) is 13.2 Å². The van der Waals surface area contributed by atoms with Crippen LogP contribution in [-0.4, -0.2) is 29.3 Å². The molecule has 8 N–H and O–H groups in total. The Morgan fingerprint density at radius 3 is 2.57 bits per heavy atom. The first-order chi connectivity index (χ1) is 12.8. The number of aryl methyl sites for hydroxylation is 2. The number of rotatable bonds is 7. The van der Waals surface area contributed by atoms with Crippen LogP contribution < -0.4 is 21.7 Å². The monoisotopic (exact) mass is 387 g/mol. The van der Waals surface area contributed by atoms with E-state index >= 15 is 0 Å². The fraction of sp³-hybridized carbons (Fsp3) is 0.455. The maximum Gasteiger partial charge on any atom is 0.119 e. The Morgan fingerprint density at radius 2 is 1.93 bits per heavy atom. The van der Waals surface area contributed by atoms with Crippen LogP contribution in [0.4, 0.5) is 0 Å². The zero-order chi connectivity index (χ0) is 19.6. The van der Waals surface area contributed by atoms with Gasteiger partial charge in [0.25, 0.3) is 0 Å². The molecule has 0 radical (unpaired) electrons. The van der Waals surface area contributed by atoms with Crippen molar-refractivity contribution in [1.82, 2.24) is 5.43 Å². The number of benzene rings is 2. The Kier molecular flexibility index (Phi) is 7.20. The van der Waals surface area contributed by atoms with E-state index in [2.05, 4.69) is 49.6 Å². The Bertz CT molecular complexity index is 798. The minimum Gasteiger partial charge on any atom is -0.493 e. The highest BCUT2D eigenvalue weighted by molar-refractivity contribution is 5.76. The lowest BCUT2D eigenvalue weighted by Crippen LogP contribution is -2.41. The number of aliphatic hydroxyl groups is 1. The summed E-state index contributed by atoms with van der Waals surface area (Å²) in [4.78, 5) is 0. The predicted octanol–water partition coefficient (Wildman–Crippen LogP) is 2.07. The molecular weight excluding hydrogens is 354 g/mol. The average Bonchev–Trinajstić information content (AvgIpc) is 2.96. The van der Waals surface area contributed by atoms with Crippen LogP contribution in [0.25, 0.3) is 11.1 Å². The van der Waals surface area contributed by atoms with Crippen LogP contribution in [0.1, 0.15) is 48.1 Å². The van der Waals surface area contributed by atoms with Crippen LogP contribution in [-0.2, 0) is 6.42 Å². The summed E-state index contributed by atoms with van der Waals surface area (Å²) < 4.78 is 5.90. The Balaban J connectivity index is 0.00000280. The quantitative estimate of drug-likeness (QED) is 0.427. The summed E-state index contributed by atoms with van der Waals surface area (Å²) in [6.07, 6.45) is 2.55. The summed E-state index contributed by atoms with van der Waals surface area (Å²) >= 11 is 0. The maximum atomic E-state index is 10.2. The van der Waals surface area contributed by atoms with E-state index in [0.29, 0.717) is 19.6 Å². The number of nitrogens with two attached hydrogens (primary N) is 2. The second kappa shape index (κ2) is 9.03. The van der Waals surface area contributed by atoms with Crippen molar-refractivity contribution in [2.45, 2.75) is 51.7 Å². The van der Waals surface area contributed by atoms with Gasteiger partial charge in [-0.3, -0.25) is 11.3 Å². The van der Waals surface area contributed by atoms with Crippen LogP contribution in [0.5, 0.6) is 5.75 Å². The fourth-order valence-corrected chi connectivity index (χ4v) is 4.05. The predicted molar refractivity (Wildman–Crippen MR) is 113 cm³/mol. The van der Waals surface area contributed by atoms with Gasteiger partial charge in [-0.05, 0) is 79.1 Å². The molecule has 0 bridgehead atoms. The lowest BCUT2D eigenvalue weighted by molar-refractivity contribution is 0.0373. The summed E-state index contributed by atoms with van der Waals surface area (Å²) in [5.74, 6) is 6.13. The zero-order valence-corrected chi connectivity index (χ0v) is 17.0. The van der Waals surface area contributed by atoms with Crippen LogP contribution in [0.3, 0.4) is 0 Å². The lowest BCUT2D eigenvalue weighted by Gasteiger charge is -2.23. The third-order valence-corrected chi connectivity index (χ3v) is 5.48.